The van der Waals surface area contributed by atoms with Crippen LogP contribution in [0.1, 0.15) is 43.4 Å². The lowest BCUT2D eigenvalue weighted by Crippen LogP contribution is -2.55. The molecule has 0 aromatic carbocycles. The molecule has 34 heavy (non-hydrogen) atoms. The number of likely N-dealkylation sites (tertiary alicyclic amines) is 2. The molecule has 3 heterocycles. The second kappa shape index (κ2) is 10.8. The van der Waals surface area contributed by atoms with Crippen molar-refractivity contribution in [1.82, 2.24) is 19.8 Å². The van der Waals surface area contributed by atoms with E-state index in [9.17, 15) is 22.8 Å². The Morgan fingerprint density at radius 2 is 1.91 bits per heavy atom. The number of carbonyl (C=O) groups excluding carboxylic acids is 3. The van der Waals surface area contributed by atoms with Gasteiger partial charge in [0.05, 0.1) is 10.9 Å². The average Bonchev–Trinajstić information content (AvgIpc) is 3.31. The molecule has 1 aromatic heterocycles. The normalized spacial score (nSPS) is 23.6. The van der Waals surface area contributed by atoms with E-state index in [0.717, 1.165) is 24.7 Å². The lowest BCUT2D eigenvalue weighted by Gasteiger charge is -2.33. The molecule has 0 radical (unpaired) electrons. The first-order valence-corrected chi connectivity index (χ1v) is 14.3. The topological polar surface area (TPSA) is 116 Å². The molecule has 2 atom stereocenters. The maximum absolute atomic E-state index is 13.0. The summed E-state index contributed by atoms with van der Waals surface area (Å²) in [7, 11) is -3.86. The summed E-state index contributed by atoms with van der Waals surface area (Å²) < 4.78 is 27.9. The van der Waals surface area contributed by atoms with Crippen molar-refractivity contribution in [1.29, 1.82) is 0 Å². The van der Waals surface area contributed by atoms with E-state index in [1.54, 1.807) is 17.0 Å². The van der Waals surface area contributed by atoms with Crippen molar-refractivity contribution in [3.05, 3.63) is 26.8 Å². The Morgan fingerprint density at radius 1 is 1.15 bits per heavy atom. The highest BCUT2D eigenvalue weighted by molar-refractivity contribution is 7.92. The third kappa shape index (κ3) is 6.59. The first-order valence-electron chi connectivity index (χ1n) is 11.5. The van der Waals surface area contributed by atoms with Crippen molar-refractivity contribution in [3.63, 3.8) is 0 Å². The smallest absolute Gasteiger partial charge is 0.242 e. The van der Waals surface area contributed by atoms with E-state index >= 15 is 0 Å². The van der Waals surface area contributed by atoms with Crippen molar-refractivity contribution < 1.29 is 22.8 Å². The highest BCUT2D eigenvalue weighted by atomic mass is 35.5. The summed E-state index contributed by atoms with van der Waals surface area (Å²) in [6, 6.07) is 1.94. The number of halogens is 1. The summed E-state index contributed by atoms with van der Waals surface area (Å²) in [4.78, 5) is 42.1. The fourth-order valence-electron chi connectivity index (χ4n) is 4.30. The minimum atomic E-state index is -3.86. The van der Waals surface area contributed by atoms with Crippen LogP contribution in [-0.4, -0.2) is 74.2 Å². The number of carbonyl (C=O) groups is 3. The van der Waals surface area contributed by atoms with Gasteiger partial charge < -0.3 is 15.1 Å². The number of sulfonamides is 1. The molecule has 0 spiro atoms. The maximum atomic E-state index is 13.0. The van der Waals surface area contributed by atoms with Crippen LogP contribution in [-0.2, 0) is 24.4 Å². The molecule has 4 rings (SSSR count). The van der Waals surface area contributed by atoms with Gasteiger partial charge in [-0.15, -0.1) is 11.3 Å². The second-order valence-electron chi connectivity index (χ2n) is 9.00. The number of hydrogen-bond acceptors (Lipinski definition) is 6. The van der Waals surface area contributed by atoms with E-state index in [4.69, 9.17) is 11.6 Å². The van der Waals surface area contributed by atoms with Crippen LogP contribution in [0.25, 0.3) is 6.08 Å². The Bertz CT molecular complexity index is 1070. The van der Waals surface area contributed by atoms with Gasteiger partial charge in [0.15, 0.2) is 0 Å². The van der Waals surface area contributed by atoms with Gasteiger partial charge in [0, 0.05) is 29.9 Å². The summed E-state index contributed by atoms with van der Waals surface area (Å²) in [5, 5.41) is 3.95. The predicted octanol–water partition coefficient (Wildman–Crippen LogP) is 1.80. The second-order valence-corrected chi connectivity index (χ2v) is 12.3. The Morgan fingerprint density at radius 3 is 2.62 bits per heavy atom. The van der Waals surface area contributed by atoms with Gasteiger partial charge in [0.25, 0.3) is 0 Å². The van der Waals surface area contributed by atoms with Crippen molar-refractivity contribution in [2.45, 2.75) is 50.6 Å². The molecule has 0 bridgehead atoms. The number of amides is 3. The van der Waals surface area contributed by atoms with Crippen molar-refractivity contribution >= 4 is 56.8 Å². The average molecular weight is 529 g/mol. The summed E-state index contributed by atoms with van der Waals surface area (Å²) in [5.74, 6) is -0.286. The molecule has 2 aliphatic heterocycles. The quantitative estimate of drug-likeness (QED) is 0.507. The minimum Gasteiger partial charge on any atom is -0.354 e. The van der Waals surface area contributed by atoms with E-state index in [-0.39, 0.29) is 18.4 Å². The van der Waals surface area contributed by atoms with Gasteiger partial charge in [0.1, 0.15) is 12.1 Å². The predicted molar refractivity (Wildman–Crippen MR) is 130 cm³/mol. The Labute approximate surface area is 208 Å². The number of hydrogen-bond donors (Lipinski definition) is 2. The zero-order chi connectivity index (χ0) is 24.3. The molecule has 1 aromatic rings. The highest BCUT2D eigenvalue weighted by Gasteiger charge is 2.38. The summed E-state index contributed by atoms with van der Waals surface area (Å²) in [6.45, 7) is 1.35. The van der Waals surface area contributed by atoms with Crippen LogP contribution in [0.4, 0.5) is 0 Å². The maximum Gasteiger partial charge on any atom is 0.242 e. The third-order valence-electron chi connectivity index (χ3n) is 6.31. The van der Waals surface area contributed by atoms with Crippen LogP contribution in [0.3, 0.4) is 0 Å². The van der Waals surface area contributed by atoms with Gasteiger partial charge in [-0.25, -0.2) is 8.42 Å². The number of nitrogens with zero attached hydrogens (tertiary/aromatic N) is 2. The Hall–Kier alpha value is -1.95. The van der Waals surface area contributed by atoms with Crippen LogP contribution in [0.5, 0.6) is 0 Å². The number of piperidine rings is 1. The van der Waals surface area contributed by atoms with Crippen LogP contribution in [0, 0.1) is 5.92 Å². The monoisotopic (exact) mass is 528 g/mol. The number of rotatable bonds is 9. The molecular weight excluding hydrogens is 500 g/mol. The number of nitrogens with one attached hydrogen (secondary N) is 2. The molecule has 3 aliphatic rings. The first kappa shape index (κ1) is 25.2. The van der Waals surface area contributed by atoms with Gasteiger partial charge >= 0.3 is 0 Å². The Balaban J connectivity index is 1.32. The van der Waals surface area contributed by atoms with Gasteiger partial charge in [0.2, 0.25) is 27.7 Å². The Kier molecular flexibility index (Phi) is 7.96. The van der Waals surface area contributed by atoms with Gasteiger partial charge in [-0.05, 0) is 62.7 Å². The van der Waals surface area contributed by atoms with Crippen molar-refractivity contribution in [2.75, 3.05) is 26.2 Å². The van der Waals surface area contributed by atoms with E-state index < -0.39 is 28.0 Å². The molecule has 3 amide bonds. The molecule has 12 heteroatoms. The molecule has 0 unspecified atom stereocenters. The lowest BCUT2D eigenvalue weighted by atomic mass is 10.1. The summed E-state index contributed by atoms with van der Waals surface area (Å²) >= 11 is 7.11. The van der Waals surface area contributed by atoms with Gasteiger partial charge in [-0.1, -0.05) is 11.6 Å². The van der Waals surface area contributed by atoms with Crippen molar-refractivity contribution in [3.8, 4) is 0 Å². The SMILES string of the molecule is O=C(NCC1CC1)[C@@H]1CCCN1C(=O)CN1CCC[C@H](NS(=O)(=O)/C=C/c2ccc(Cl)s2)C1=O. The molecule has 2 N–H and O–H groups in total. The molecule has 3 fully saturated rings. The first-order chi connectivity index (χ1) is 16.2. The molecule has 9 nitrogen and oxygen atoms in total. The molecular formula is C22H29ClN4O5S2. The van der Waals surface area contributed by atoms with Gasteiger partial charge in [-0.2, -0.15) is 4.72 Å². The fourth-order valence-corrected chi connectivity index (χ4v) is 6.36. The van der Waals surface area contributed by atoms with Crippen LogP contribution >= 0.6 is 22.9 Å². The molecule has 1 aliphatic carbocycles. The highest BCUT2D eigenvalue weighted by Crippen LogP contribution is 2.28. The standard InChI is InChI=1S/C22H29ClN4O5S2/c23-19-8-7-16(33-19)9-12-34(31,32)25-17-3-1-10-26(22(17)30)14-20(28)27-11-2-4-18(27)21(29)24-13-15-5-6-15/h7-9,12,15,17-18,25H,1-6,10-11,13-14H2,(H,24,29)/b12-9+/t17-,18-/m0/s1. The largest absolute Gasteiger partial charge is 0.354 e. The fraction of sp³-hybridized carbons (Fsp3) is 0.591. The summed E-state index contributed by atoms with van der Waals surface area (Å²) in [6.07, 6.45) is 5.97. The molecule has 1 saturated carbocycles. The van der Waals surface area contributed by atoms with E-state index in [0.29, 0.717) is 54.0 Å². The van der Waals surface area contributed by atoms with E-state index in [2.05, 4.69) is 10.0 Å². The van der Waals surface area contributed by atoms with E-state index in [1.807, 2.05) is 0 Å². The zero-order valence-electron chi connectivity index (χ0n) is 18.7. The number of thiophene rings is 1. The van der Waals surface area contributed by atoms with Crippen LogP contribution in [0.2, 0.25) is 4.34 Å². The van der Waals surface area contributed by atoms with Crippen LogP contribution in [0.15, 0.2) is 17.5 Å². The van der Waals surface area contributed by atoms with E-state index in [1.165, 1.54) is 22.3 Å². The lowest BCUT2D eigenvalue weighted by molar-refractivity contribution is -0.145. The third-order valence-corrected chi connectivity index (χ3v) is 8.61. The zero-order valence-corrected chi connectivity index (χ0v) is 21.1. The summed E-state index contributed by atoms with van der Waals surface area (Å²) in [5.41, 5.74) is 0. The minimum absolute atomic E-state index is 0.132. The molecule has 186 valence electrons. The van der Waals surface area contributed by atoms with Crippen molar-refractivity contribution in [2.24, 2.45) is 5.92 Å². The molecule has 2 saturated heterocycles. The van der Waals surface area contributed by atoms with Gasteiger partial charge in [-0.3, -0.25) is 14.4 Å². The van der Waals surface area contributed by atoms with Crippen LogP contribution < -0.4 is 10.0 Å².